The fourth-order valence-electron chi connectivity index (χ4n) is 0.517. The molecular weight excluding hydrogens is 282 g/mol. The van der Waals surface area contributed by atoms with Gasteiger partial charge in [-0.15, -0.1) is 0 Å². The van der Waals surface area contributed by atoms with Crippen LogP contribution in [0, 0.1) is 0 Å². The van der Waals surface area contributed by atoms with Crippen LogP contribution in [-0.2, 0) is 0 Å². The topological polar surface area (TPSA) is 94.2 Å². The average molecular weight is 294 g/mol. The Balaban J connectivity index is 0. The smallest absolute Gasteiger partial charge is 0.665 e. The van der Waals surface area contributed by atoms with Crippen LogP contribution in [-0.4, -0.2) is 30.6 Å². The molecule has 0 aromatic heterocycles. The SMILES string of the molecule is CNC(=S)NCNC(=S)N[P+](C)([O-])[O-].[K+]. The molecule has 0 heterocycles. The van der Waals surface area contributed by atoms with Crippen LogP contribution in [0.3, 0.4) is 0 Å². The second kappa shape index (κ2) is 9.40. The molecule has 0 aliphatic heterocycles. The molecular formula is C5H12KN4O2PS2. The summed E-state index contributed by atoms with van der Waals surface area (Å²) in [7, 11) is -1.90. The van der Waals surface area contributed by atoms with Crippen LogP contribution in [0.1, 0.15) is 0 Å². The Bertz CT molecular complexity index is 226. The summed E-state index contributed by atoms with van der Waals surface area (Å²) in [5, 5.41) is 10.7. The molecule has 6 nitrogen and oxygen atoms in total. The van der Waals surface area contributed by atoms with Crippen molar-refractivity contribution < 1.29 is 61.2 Å². The van der Waals surface area contributed by atoms with Gasteiger partial charge in [-0.1, -0.05) is 0 Å². The third kappa shape index (κ3) is 13.3. The third-order valence-corrected chi connectivity index (χ3v) is 2.41. The molecule has 0 unspecified atom stereocenters. The first-order valence-corrected chi connectivity index (χ1v) is 6.54. The van der Waals surface area contributed by atoms with Gasteiger partial charge in [0, 0.05) is 14.9 Å². The van der Waals surface area contributed by atoms with Crippen molar-refractivity contribution in [1.82, 2.24) is 21.0 Å². The van der Waals surface area contributed by atoms with Gasteiger partial charge in [-0.25, -0.2) is 5.09 Å². The van der Waals surface area contributed by atoms with Crippen LogP contribution in [0.4, 0.5) is 0 Å². The summed E-state index contributed by atoms with van der Waals surface area (Å²) in [5.74, 6) is 0. The number of thiocarbonyl (C=S) groups is 2. The van der Waals surface area contributed by atoms with Crippen molar-refractivity contribution >= 4 is 42.5 Å². The molecule has 0 bridgehead atoms. The van der Waals surface area contributed by atoms with E-state index in [9.17, 15) is 9.79 Å². The van der Waals surface area contributed by atoms with E-state index in [4.69, 9.17) is 24.4 Å². The number of nitrogens with one attached hydrogen (secondary N) is 4. The Labute approximate surface area is 143 Å². The summed E-state index contributed by atoms with van der Waals surface area (Å²) < 4.78 is 0. The second-order valence-electron chi connectivity index (χ2n) is 2.40. The fraction of sp³-hybridized carbons (Fsp3) is 0.600. The van der Waals surface area contributed by atoms with E-state index in [1.54, 1.807) is 7.05 Å². The molecule has 0 fully saturated rings. The number of rotatable bonds is 3. The average Bonchev–Trinajstić information content (AvgIpc) is 2.00. The molecule has 0 aliphatic rings. The largest absolute Gasteiger partial charge is 1.00 e. The molecule has 0 aromatic carbocycles. The summed E-state index contributed by atoms with van der Waals surface area (Å²) in [6, 6.07) is 0. The maximum absolute atomic E-state index is 10.7. The fourth-order valence-corrected chi connectivity index (χ4v) is 1.61. The van der Waals surface area contributed by atoms with E-state index < -0.39 is 7.87 Å². The first-order valence-electron chi connectivity index (χ1n) is 3.65. The summed E-state index contributed by atoms with van der Waals surface area (Å²) in [4.78, 5) is 21.5. The van der Waals surface area contributed by atoms with Gasteiger partial charge in [0.15, 0.2) is 10.2 Å². The Morgan fingerprint density at radius 1 is 1.20 bits per heavy atom. The van der Waals surface area contributed by atoms with Gasteiger partial charge in [-0.2, -0.15) is 0 Å². The molecule has 0 atom stereocenters. The maximum atomic E-state index is 10.7. The molecule has 0 saturated carbocycles. The Hall–Kier alpha value is 1.37. The van der Waals surface area contributed by atoms with E-state index >= 15 is 0 Å². The minimum absolute atomic E-state index is 0. The Morgan fingerprint density at radius 2 is 1.67 bits per heavy atom. The zero-order chi connectivity index (χ0) is 11.2. The predicted molar refractivity (Wildman–Crippen MR) is 61.4 cm³/mol. The summed E-state index contributed by atoms with van der Waals surface area (Å²) in [5.41, 5.74) is 0. The van der Waals surface area contributed by atoms with Gasteiger partial charge >= 0.3 is 51.4 Å². The van der Waals surface area contributed by atoms with Crippen LogP contribution < -0.4 is 82.2 Å². The Morgan fingerprint density at radius 3 is 2.07 bits per heavy atom. The number of hydrogen-bond donors (Lipinski definition) is 4. The molecule has 0 aliphatic carbocycles. The van der Waals surface area contributed by atoms with E-state index in [2.05, 4.69) is 21.0 Å². The van der Waals surface area contributed by atoms with Crippen molar-refractivity contribution in [2.75, 3.05) is 20.4 Å². The van der Waals surface area contributed by atoms with Gasteiger partial charge in [0.2, 0.25) is 0 Å². The van der Waals surface area contributed by atoms with Crippen LogP contribution in [0.2, 0.25) is 0 Å². The third-order valence-electron chi connectivity index (χ3n) is 1.03. The van der Waals surface area contributed by atoms with Gasteiger partial charge in [0.05, 0.1) is 13.3 Å². The van der Waals surface area contributed by atoms with Crippen molar-refractivity contribution in [1.29, 1.82) is 0 Å². The maximum Gasteiger partial charge on any atom is 1.00 e. The van der Waals surface area contributed by atoms with E-state index in [1.165, 1.54) is 0 Å². The summed E-state index contributed by atoms with van der Waals surface area (Å²) >= 11 is 9.47. The van der Waals surface area contributed by atoms with Gasteiger partial charge in [-0.05, 0) is 24.4 Å². The molecule has 15 heavy (non-hydrogen) atoms. The predicted octanol–water partition coefficient (Wildman–Crippen LogP) is -5.38. The van der Waals surface area contributed by atoms with E-state index in [-0.39, 0.29) is 63.2 Å². The molecule has 0 radical (unpaired) electrons. The summed E-state index contributed by atoms with van der Waals surface area (Å²) in [6.45, 7) is 1.30. The van der Waals surface area contributed by atoms with Crippen molar-refractivity contribution in [2.24, 2.45) is 0 Å². The van der Waals surface area contributed by atoms with Gasteiger partial charge in [-0.3, -0.25) is 0 Å². The van der Waals surface area contributed by atoms with Gasteiger partial charge in [0.25, 0.3) is 0 Å². The standard InChI is InChI=1S/C5H13N4O2PS2.K/c1-6-4(13)7-3-8-5(14)9-12(2,10)11;/h3H2,1-2H3,(H2,6,7,13)(H3,8,9,10,11,14);/q;+1/p-1. The van der Waals surface area contributed by atoms with E-state index in [0.29, 0.717) is 5.11 Å². The van der Waals surface area contributed by atoms with E-state index in [0.717, 1.165) is 6.66 Å². The Kier molecular flexibility index (Phi) is 11.7. The van der Waals surface area contributed by atoms with Crippen molar-refractivity contribution in [3.8, 4) is 0 Å². The van der Waals surface area contributed by atoms with Crippen LogP contribution in [0.25, 0.3) is 0 Å². The molecule has 4 N–H and O–H groups in total. The zero-order valence-corrected chi connectivity index (χ0v) is 14.4. The molecule has 10 heteroatoms. The molecule has 0 aromatic rings. The molecule has 82 valence electrons. The van der Waals surface area contributed by atoms with Crippen molar-refractivity contribution in [3.63, 3.8) is 0 Å². The van der Waals surface area contributed by atoms with Crippen LogP contribution in [0.15, 0.2) is 0 Å². The molecule has 0 amide bonds. The van der Waals surface area contributed by atoms with Crippen molar-refractivity contribution in [3.05, 3.63) is 0 Å². The zero-order valence-electron chi connectivity index (χ0n) is 8.79. The first kappa shape index (κ1) is 18.7. The van der Waals surface area contributed by atoms with Crippen molar-refractivity contribution in [2.45, 2.75) is 0 Å². The van der Waals surface area contributed by atoms with Crippen LogP contribution in [0.5, 0.6) is 0 Å². The molecule has 0 rings (SSSR count). The molecule has 0 spiro atoms. The van der Waals surface area contributed by atoms with Crippen LogP contribution >= 0.6 is 32.3 Å². The quantitative estimate of drug-likeness (QED) is 0.177. The first-order chi connectivity index (χ1) is 6.35. The second-order valence-corrected chi connectivity index (χ2v) is 5.13. The minimum Gasteiger partial charge on any atom is -0.665 e. The minimum atomic E-state index is -3.57. The van der Waals surface area contributed by atoms with Gasteiger partial charge in [0.1, 0.15) is 0 Å². The van der Waals surface area contributed by atoms with E-state index in [1.807, 2.05) is 0 Å². The molecule has 0 saturated heterocycles. The van der Waals surface area contributed by atoms with Gasteiger partial charge < -0.3 is 25.7 Å². The summed E-state index contributed by atoms with van der Waals surface area (Å²) in [6.07, 6.45) is 0. The normalized spacial score (nSPS) is 9.60. The number of hydrogen-bond acceptors (Lipinski definition) is 4. The monoisotopic (exact) mass is 294 g/mol.